The van der Waals surface area contributed by atoms with Crippen molar-refractivity contribution in [2.24, 2.45) is 0 Å². The van der Waals surface area contributed by atoms with Gasteiger partial charge in [0.05, 0.1) is 0 Å². The first kappa shape index (κ1) is 12.0. The standard InChI is InChI=1S/C12H9FN2O3/c13-9-3-1-8(2-4-9)10(16)7-15-12(18)6-5-11(17)14-15/h1-6H,7H2,(H,14,17). The number of rotatable bonds is 3. The van der Waals surface area contributed by atoms with E-state index >= 15 is 0 Å². The van der Waals surface area contributed by atoms with Gasteiger partial charge in [-0.25, -0.2) is 9.07 Å². The minimum Gasteiger partial charge on any atom is -0.292 e. The highest BCUT2D eigenvalue weighted by Gasteiger charge is 2.08. The minimum atomic E-state index is -0.481. The molecule has 0 unspecified atom stereocenters. The van der Waals surface area contributed by atoms with Crippen molar-refractivity contribution in [3.63, 3.8) is 0 Å². The molecule has 0 atom stereocenters. The van der Waals surface area contributed by atoms with Crippen molar-refractivity contribution in [3.05, 3.63) is 68.5 Å². The summed E-state index contributed by atoms with van der Waals surface area (Å²) in [5.41, 5.74) is -0.681. The Morgan fingerprint density at radius 1 is 1.11 bits per heavy atom. The zero-order valence-corrected chi connectivity index (χ0v) is 9.22. The lowest BCUT2D eigenvalue weighted by Gasteiger charge is -2.04. The lowest BCUT2D eigenvalue weighted by atomic mass is 10.1. The zero-order valence-electron chi connectivity index (χ0n) is 9.22. The van der Waals surface area contributed by atoms with Gasteiger partial charge in [-0.05, 0) is 24.3 Å². The molecule has 5 nitrogen and oxygen atoms in total. The molecular formula is C12H9FN2O3. The van der Waals surface area contributed by atoms with Crippen molar-refractivity contribution in [1.82, 2.24) is 9.78 Å². The third kappa shape index (κ3) is 2.60. The molecule has 0 amide bonds. The molecule has 0 aliphatic rings. The molecule has 0 aliphatic heterocycles. The number of H-pyrrole nitrogens is 1. The Bertz CT molecular complexity index is 685. The number of hydrogen-bond acceptors (Lipinski definition) is 3. The van der Waals surface area contributed by atoms with Gasteiger partial charge < -0.3 is 0 Å². The molecule has 0 fully saturated rings. The molecule has 2 rings (SSSR count). The number of benzene rings is 1. The summed E-state index contributed by atoms with van der Waals surface area (Å²) in [6.45, 7) is -0.291. The minimum absolute atomic E-state index is 0.271. The molecule has 1 heterocycles. The van der Waals surface area contributed by atoms with Gasteiger partial charge in [-0.2, -0.15) is 0 Å². The first-order valence-electron chi connectivity index (χ1n) is 5.15. The predicted octanol–water partition coefficient (Wildman–Crippen LogP) is 0.559. The maximum atomic E-state index is 12.7. The third-order valence-corrected chi connectivity index (χ3v) is 2.36. The van der Waals surface area contributed by atoms with Gasteiger partial charge in [0.1, 0.15) is 12.4 Å². The molecule has 1 aromatic carbocycles. The first-order chi connectivity index (χ1) is 8.56. The van der Waals surface area contributed by atoms with E-state index < -0.39 is 16.9 Å². The van der Waals surface area contributed by atoms with Crippen molar-refractivity contribution in [3.8, 4) is 0 Å². The van der Waals surface area contributed by atoms with Crippen LogP contribution in [0.5, 0.6) is 0 Å². The van der Waals surface area contributed by atoms with E-state index in [-0.39, 0.29) is 17.9 Å². The van der Waals surface area contributed by atoms with Gasteiger partial charge in [-0.15, -0.1) is 0 Å². The number of carbonyl (C=O) groups is 1. The molecule has 92 valence electrons. The van der Waals surface area contributed by atoms with Crippen LogP contribution in [0.3, 0.4) is 0 Å². The Balaban J connectivity index is 2.26. The van der Waals surface area contributed by atoms with E-state index in [0.29, 0.717) is 0 Å². The Kier molecular flexibility index (Phi) is 3.18. The Morgan fingerprint density at radius 2 is 1.78 bits per heavy atom. The molecule has 1 aromatic heterocycles. The molecule has 0 aliphatic carbocycles. The highest BCUT2D eigenvalue weighted by atomic mass is 19.1. The average Bonchev–Trinajstić information content (AvgIpc) is 2.34. The summed E-state index contributed by atoms with van der Waals surface area (Å²) in [5.74, 6) is -0.837. The van der Waals surface area contributed by atoms with Crippen LogP contribution in [-0.2, 0) is 6.54 Å². The second kappa shape index (κ2) is 4.79. The number of aromatic amines is 1. The smallest absolute Gasteiger partial charge is 0.265 e. The van der Waals surface area contributed by atoms with Crippen molar-refractivity contribution in [2.75, 3.05) is 0 Å². The molecule has 0 radical (unpaired) electrons. The molecule has 2 aromatic rings. The molecular weight excluding hydrogens is 239 g/mol. The first-order valence-corrected chi connectivity index (χ1v) is 5.15. The van der Waals surface area contributed by atoms with Gasteiger partial charge in [0, 0.05) is 17.7 Å². The third-order valence-electron chi connectivity index (χ3n) is 2.36. The second-order valence-corrected chi connectivity index (χ2v) is 3.66. The average molecular weight is 248 g/mol. The van der Waals surface area contributed by atoms with Crippen molar-refractivity contribution in [1.29, 1.82) is 0 Å². The summed E-state index contributed by atoms with van der Waals surface area (Å²) in [4.78, 5) is 34.2. The monoisotopic (exact) mass is 248 g/mol. The van der Waals surface area contributed by atoms with Gasteiger partial charge in [0.15, 0.2) is 5.78 Å². The van der Waals surface area contributed by atoms with E-state index in [1.54, 1.807) is 0 Å². The number of nitrogens with zero attached hydrogens (tertiary/aromatic N) is 1. The highest BCUT2D eigenvalue weighted by molar-refractivity contribution is 5.95. The van der Waals surface area contributed by atoms with E-state index in [1.807, 2.05) is 0 Å². The number of halogens is 1. The SMILES string of the molecule is O=C(Cn1[nH]c(=O)ccc1=O)c1ccc(F)cc1. The molecule has 18 heavy (non-hydrogen) atoms. The van der Waals surface area contributed by atoms with Crippen LogP contribution in [0.1, 0.15) is 10.4 Å². The van der Waals surface area contributed by atoms with Crippen LogP contribution in [-0.4, -0.2) is 15.6 Å². The topological polar surface area (TPSA) is 71.9 Å². The summed E-state index contributed by atoms with van der Waals surface area (Å²) in [5, 5.41) is 2.24. The highest BCUT2D eigenvalue weighted by Crippen LogP contribution is 2.04. The number of nitrogens with one attached hydrogen (secondary N) is 1. The molecule has 0 bridgehead atoms. The zero-order chi connectivity index (χ0) is 13.1. The van der Waals surface area contributed by atoms with Crippen LogP contribution in [0.4, 0.5) is 4.39 Å². The summed E-state index contributed by atoms with van der Waals surface area (Å²) in [6, 6.07) is 7.12. The van der Waals surface area contributed by atoms with Gasteiger partial charge >= 0.3 is 0 Å². The molecule has 1 N–H and O–H groups in total. The van der Waals surface area contributed by atoms with Crippen LogP contribution in [0.2, 0.25) is 0 Å². The maximum Gasteiger partial charge on any atom is 0.265 e. The van der Waals surface area contributed by atoms with Gasteiger partial charge in [0.2, 0.25) is 0 Å². The second-order valence-electron chi connectivity index (χ2n) is 3.66. The Hall–Kier alpha value is -2.50. The van der Waals surface area contributed by atoms with Crippen LogP contribution < -0.4 is 11.1 Å². The van der Waals surface area contributed by atoms with Crippen LogP contribution in [0.25, 0.3) is 0 Å². The van der Waals surface area contributed by atoms with E-state index in [2.05, 4.69) is 5.10 Å². The van der Waals surface area contributed by atoms with Crippen molar-refractivity contribution in [2.45, 2.75) is 6.54 Å². The Morgan fingerprint density at radius 3 is 2.44 bits per heavy atom. The molecule has 0 saturated carbocycles. The molecule has 0 spiro atoms. The van der Waals surface area contributed by atoms with E-state index in [4.69, 9.17) is 0 Å². The van der Waals surface area contributed by atoms with Gasteiger partial charge in [0.25, 0.3) is 11.1 Å². The number of carbonyl (C=O) groups excluding carboxylic acids is 1. The summed E-state index contributed by atoms with van der Waals surface area (Å²) >= 11 is 0. The number of ketones is 1. The lowest BCUT2D eigenvalue weighted by molar-refractivity contribution is 0.0965. The van der Waals surface area contributed by atoms with Crippen molar-refractivity contribution < 1.29 is 9.18 Å². The summed E-state index contributed by atoms with van der Waals surface area (Å²) in [6.07, 6.45) is 0. The fourth-order valence-corrected chi connectivity index (χ4v) is 1.45. The summed E-state index contributed by atoms with van der Waals surface area (Å²) < 4.78 is 13.6. The number of hydrogen-bond donors (Lipinski definition) is 1. The lowest BCUT2D eigenvalue weighted by Crippen LogP contribution is -2.30. The number of Topliss-reactive ketones (excluding diaryl/α,β-unsaturated/α-hetero) is 1. The summed E-state index contributed by atoms with van der Waals surface area (Å²) in [7, 11) is 0. The van der Waals surface area contributed by atoms with Gasteiger partial charge in [-0.1, -0.05) is 0 Å². The van der Waals surface area contributed by atoms with E-state index in [0.717, 1.165) is 28.9 Å². The quantitative estimate of drug-likeness (QED) is 0.806. The van der Waals surface area contributed by atoms with Crippen LogP contribution in [0.15, 0.2) is 46.0 Å². The maximum absolute atomic E-state index is 12.7. The fourth-order valence-electron chi connectivity index (χ4n) is 1.45. The van der Waals surface area contributed by atoms with E-state index in [1.165, 1.54) is 12.1 Å². The van der Waals surface area contributed by atoms with Gasteiger partial charge in [-0.3, -0.25) is 19.5 Å². The normalized spacial score (nSPS) is 10.3. The number of aromatic nitrogens is 2. The predicted molar refractivity (Wildman–Crippen MR) is 62.1 cm³/mol. The van der Waals surface area contributed by atoms with Crippen molar-refractivity contribution >= 4 is 5.78 Å². The Labute approximate surface area is 100 Å². The molecule has 0 saturated heterocycles. The molecule has 6 heteroatoms. The largest absolute Gasteiger partial charge is 0.292 e. The fraction of sp³-hybridized carbons (Fsp3) is 0.0833. The van der Waals surface area contributed by atoms with Crippen LogP contribution in [0, 0.1) is 5.82 Å². The van der Waals surface area contributed by atoms with Crippen LogP contribution >= 0.6 is 0 Å². The van der Waals surface area contributed by atoms with E-state index in [9.17, 15) is 18.8 Å².